The first-order valence-electron chi connectivity index (χ1n) is 8.67. The normalized spacial score (nSPS) is 12.3. The molecule has 0 fully saturated rings. The summed E-state index contributed by atoms with van der Waals surface area (Å²) in [6.07, 6.45) is 2.51. The Hall–Kier alpha value is -3.13. The maximum atomic E-state index is 12.4. The van der Waals surface area contributed by atoms with E-state index < -0.39 is 33.9 Å². The zero-order chi connectivity index (χ0) is 22.6. The molecule has 0 amide bonds. The molecule has 1 aromatic heterocycles. The van der Waals surface area contributed by atoms with Crippen LogP contribution in [0.5, 0.6) is 0 Å². The van der Waals surface area contributed by atoms with Gasteiger partial charge in [0.25, 0.3) is 10.0 Å². The molecule has 0 aliphatic heterocycles. The second kappa shape index (κ2) is 9.34. The minimum atomic E-state index is -3.95. The van der Waals surface area contributed by atoms with Crippen LogP contribution in [0.15, 0.2) is 70.3 Å². The summed E-state index contributed by atoms with van der Waals surface area (Å²) >= 11 is 2.08. The molecule has 3 rings (SSSR count). The number of hydrogen-bond acceptors (Lipinski definition) is 7. The largest absolute Gasteiger partial charge is 0.481 e. The van der Waals surface area contributed by atoms with Gasteiger partial charge in [-0.1, -0.05) is 12.1 Å². The second-order valence-corrected chi connectivity index (χ2v) is 9.22. The lowest BCUT2D eigenvalue weighted by atomic mass is 9.92. The first-order valence-corrected chi connectivity index (χ1v) is 11.2. The minimum Gasteiger partial charge on any atom is -0.481 e. The quantitative estimate of drug-likeness (QED) is 0.229. The molecule has 0 aliphatic rings. The molecule has 0 saturated carbocycles. The van der Waals surface area contributed by atoms with E-state index in [2.05, 4.69) is 37.6 Å². The number of hydrogen-bond donors (Lipinski definition) is 4. The highest BCUT2D eigenvalue weighted by Crippen LogP contribution is 2.29. The fraction of sp³-hybridized carbons (Fsp3) is 0.105. The molecule has 2 aromatic carbocycles. The zero-order valence-electron chi connectivity index (χ0n) is 15.6. The summed E-state index contributed by atoms with van der Waals surface area (Å²) in [7, 11) is -3.95. The van der Waals surface area contributed by atoms with Gasteiger partial charge in [-0.15, -0.1) is 0 Å². The molecule has 12 heteroatoms. The van der Waals surface area contributed by atoms with Crippen molar-refractivity contribution in [2.24, 2.45) is 5.92 Å². The maximum Gasteiger partial charge on any atom is 0.320 e. The van der Waals surface area contributed by atoms with Crippen molar-refractivity contribution in [3.8, 4) is 0 Å². The van der Waals surface area contributed by atoms with Crippen molar-refractivity contribution >= 4 is 56.3 Å². The van der Waals surface area contributed by atoms with E-state index in [0.29, 0.717) is 11.3 Å². The number of halogens is 1. The van der Waals surface area contributed by atoms with Crippen LogP contribution in [-0.2, 0) is 19.6 Å². The second-order valence-electron chi connectivity index (χ2n) is 6.29. The Balaban J connectivity index is 1.88. The van der Waals surface area contributed by atoms with Crippen LogP contribution in [0.25, 0.3) is 0 Å². The number of sulfonamides is 1. The van der Waals surface area contributed by atoms with Gasteiger partial charge in [0, 0.05) is 9.26 Å². The molecule has 1 unspecified atom stereocenters. The van der Waals surface area contributed by atoms with Gasteiger partial charge in [0.05, 0.1) is 17.1 Å². The molecule has 4 N–H and O–H groups in total. The SMILES string of the molecule is O=C(O)C(C(=O)O)C(Nc1ccc(S(=O)(=O)Nc2ncco2)cc1)c1ccc(I)cc1. The highest BCUT2D eigenvalue weighted by atomic mass is 127. The topological polar surface area (TPSA) is 159 Å². The van der Waals surface area contributed by atoms with Crippen LogP contribution in [0.2, 0.25) is 0 Å². The van der Waals surface area contributed by atoms with E-state index in [1.165, 1.54) is 36.7 Å². The van der Waals surface area contributed by atoms with E-state index in [1.54, 1.807) is 24.3 Å². The molecule has 10 nitrogen and oxygen atoms in total. The number of carboxylic acids is 2. The Morgan fingerprint density at radius 3 is 2.13 bits per heavy atom. The predicted molar refractivity (Wildman–Crippen MR) is 118 cm³/mol. The molecule has 162 valence electrons. The molecule has 0 bridgehead atoms. The number of aromatic nitrogens is 1. The van der Waals surface area contributed by atoms with Gasteiger partial charge in [0.15, 0.2) is 5.92 Å². The summed E-state index contributed by atoms with van der Waals surface area (Å²) in [6, 6.07) is 10.8. The number of rotatable bonds is 9. The summed E-state index contributed by atoms with van der Waals surface area (Å²) in [4.78, 5) is 26.9. The van der Waals surface area contributed by atoms with Crippen LogP contribution in [0.4, 0.5) is 11.7 Å². The van der Waals surface area contributed by atoms with Crippen LogP contribution in [0.1, 0.15) is 11.6 Å². The average molecular weight is 557 g/mol. The van der Waals surface area contributed by atoms with E-state index in [-0.39, 0.29) is 10.9 Å². The van der Waals surface area contributed by atoms with Gasteiger partial charge < -0.3 is 19.9 Å². The molecule has 0 saturated heterocycles. The fourth-order valence-electron chi connectivity index (χ4n) is 2.78. The fourth-order valence-corrected chi connectivity index (χ4v) is 4.08. The summed E-state index contributed by atoms with van der Waals surface area (Å²) < 4.78 is 32.7. The number of carbonyl (C=O) groups is 2. The Morgan fingerprint density at radius 1 is 1.00 bits per heavy atom. The third-order valence-corrected chi connectivity index (χ3v) is 6.29. The summed E-state index contributed by atoms with van der Waals surface area (Å²) in [5.41, 5.74) is 0.795. The minimum absolute atomic E-state index is 0.0879. The molecule has 3 aromatic rings. The predicted octanol–water partition coefficient (Wildman–Crippen LogP) is 3.02. The molecule has 0 spiro atoms. The third-order valence-electron chi connectivity index (χ3n) is 4.24. The Kier molecular flexibility index (Phi) is 6.80. The van der Waals surface area contributed by atoms with Crippen molar-refractivity contribution in [2.45, 2.75) is 10.9 Å². The number of anilines is 2. The monoisotopic (exact) mass is 557 g/mol. The van der Waals surface area contributed by atoms with Crippen LogP contribution in [0, 0.1) is 9.49 Å². The van der Waals surface area contributed by atoms with Gasteiger partial charge in [-0.25, -0.2) is 18.1 Å². The molecule has 0 radical (unpaired) electrons. The molecule has 0 aliphatic carbocycles. The van der Waals surface area contributed by atoms with Gasteiger partial charge in [0.1, 0.15) is 6.26 Å². The number of oxazole rings is 1. The van der Waals surface area contributed by atoms with Crippen LogP contribution in [-0.4, -0.2) is 35.6 Å². The lowest BCUT2D eigenvalue weighted by Gasteiger charge is -2.24. The summed E-state index contributed by atoms with van der Waals surface area (Å²) in [5.74, 6) is -4.77. The summed E-state index contributed by atoms with van der Waals surface area (Å²) in [6.45, 7) is 0. The lowest BCUT2D eigenvalue weighted by Crippen LogP contribution is -2.34. The number of carboxylic acid groups (broad SMARTS) is 2. The Labute approximate surface area is 190 Å². The Bertz CT molecular complexity index is 1150. The first-order chi connectivity index (χ1) is 14.7. The van der Waals surface area contributed by atoms with E-state index in [9.17, 15) is 28.2 Å². The van der Waals surface area contributed by atoms with Crippen LogP contribution in [0.3, 0.4) is 0 Å². The smallest absolute Gasteiger partial charge is 0.320 e. The molecule has 31 heavy (non-hydrogen) atoms. The number of aliphatic carboxylic acids is 2. The lowest BCUT2D eigenvalue weighted by molar-refractivity contribution is -0.155. The van der Waals surface area contributed by atoms with Gasteiger partial charge in [0.2, 0.25) is 0 Å². The summed E-state index contributed by atoms with van der Waals surface area (Å²) in [5, 5.41) is 21.8. The highest BCUT2D eigenvalue weighted by Gasteiger charge is 2.36. The van der Waals surface area contributed by atoms with Crippen molar-refractivity contribution in [1.82, 2.24) is 4.98 Å². The van der Waals surface area contributed by atoms with Gasteiger partial charge in [-0.05, 0) is 64.6 Å². The number of benzene rings is 2. The van der Waals surface area contributed by atoms with Crippen LogP contribution >= 0.6 is 22.6 Å². The zero-order valence-corrected chi connectivity index (χ0v) is 18.6. The molecular formula is C19H16IN3O7S. The van der Waals surface area contributed by atoms with E-state index in [4.69, 9.17) is 4.42 Å². The third kappa shape index (κ3) is 5.52. The molecule has 1 heterocycles. The van der Waals surface area contributed by atoms with Crippen molar-refractivity contribution in [3.05, 3.63) is 70.1 Å². The molecular weight excluding hydrogens is 541 g/mol. The van der Waals surface area contributed by atoms with Crippen LogP contribution < -0.4 is 10.0 Å². The first kappa shape index (κ1) is 22.6. The maximum absolute atomic E-state index is 12.4. The van der Waals surface area contributed by atoms with E-state index >= 15 is 0 Å². The number of nitrogens with zero attached hydrogens (tertiary/aromatic N) is 1. The van der Waals surface area contributed by atoms with E-state index in [0.717, 1.165) is 3.57 Å². The number of nitrogens with one attached hydrogen (secondary N) is 2. The van der Waals surface area contributed by atoms with E-state index in [1.807, 2.05) is 0 Å². The van der Waals surface area contributed by atoms with Gasteiger partial charge in [-0.3, -0.25) is 9.59 Å². The van der Waals surface area contributed by atoms with Crippen molar-refractivity contribution in [1.29, 1.82) is 0 Å². The van der Waals surface area contributed by atoms with Crippen molar-refractivity contribution < 1.29 is 32.6 Å². The Morgan fingerprint density at radius 2 is 1.61 bits per heavy atom. The standard InChI is InChI=1S/C19H16IN3O7S/c20-12-3-1-11(2-4-12)16(15(17(24)25)18(26)27)22-13-5-7-14(8-6-13)31(28,29)23-19-21-9-10-30-19/h1-10,15-16,22H,(H,21,23)(H,24,25)(H,26,27). The van der Waals surface area contributed by atoms with Gasteiger partial charge in [-0.2, -0.15) is 0 Å². The highest BCUT2D eigenvalue weighted by molar-refractivity contribution is 14.1. The average Bonchev–Trinajstić information content (AvgIpc) is 3.20. The molecule has 1 atom stereocenters. The van der Waals surface area contributed by atoms with Gasteiger partial charge >= 0.3 is 18.0 Å². The van der Waals surface area contributed by atoms with Crippen molar-refractivity contribution in [2.75, 3.05) is 10.0 Å². The van der Waals surface area contributed by atoms with Crippen molar-refractivity contribution in [3.63, 3.8) is 0 Å².